The van der Waals surface area contributed by atoms with Crippen LogP contribution in [0.15, 0.2) is 22.1 Å². The van der Waals surface area contributed by atoms with Gasteiger partial charge in [0.2, 0.25) is 5.03 Å². The first-order valence-electron chi connectivity index (χ1n) is 3.43. The summed E-state index contributed by atoms with van der Waals surface area (Å²) in [6, 6.07) is -0.147. The van der Waals surface area contributed by atoms with Crippen molar-refractivity contribution >= 4 is 10.0 Å². The molecule has 5 nitrogen and oxygen atoms in total. The van der Waals surface area contributed by atoms with Crippen LogP contribution < -0.4 is 4.72 Å². The van der Waals surface area contributed by atoms with Crippen LogP contribution in [0.4, 0.5) is 0 Å². The van der Waals surface area contributed by atoms with Gasteiger partial charge in [-0.2, -0.15) is 0 Å². The van der Waals surface area contributed by atoms with Crippen molar-refractivity contribution in [2.45, 2.75) is 24.9 Å². The third kappa shape index (κ3) is 2.05. The van der Waals surface area contributed by atoms with E-state index in [1.165, 1.54) is 0 Å². The number of nitrogens with one attached hydrogen (secondary N) is 1. The number of hydrogen-bond donors (Lipinski definition) is 1. The van der Waals surface area contributed by atoms with Gasteiger partial charge < -0.3 is 4.42 Å². The Hall–Kier alpha value is -0.880. The molecule has 0 aliphatic rings. The first kappa shape index (κ1) is 9.21. The van der Waals surface area contributed by atoms with Gasteiger partial charge in [-0.05, 0) is 13.8 Å². The number of rotatable bonds is 3. The quantitative estimate of drug-likeness (QED) is 0.747. The highest BCUT2D eigenvalue weighted by Gasteiger charge is 2.17. The van der Waals surface area contributed by atoms with Gasteiger partial charge in [0.15, 0.2) is 6.39 Å². The molecule has 0 amide bonds. The maximum Gasteiger partial charge on any atom is 0.261 e. The molecule has 0 saturated carbocycles. The van der Waals surface area contributed by atoms with Crippen molar-refractivity contribution in [1.29, 1.82) is 0 Å². The molecular weight excluding hydrogens is 180 g/mol. The zero-order chi connectivity index (χ0) is 9.19. The minimum atomic E-state index is -3.47. The number of hydrogen-bond acceptors (Lipinski definition) is 4. The standard InChI is InChI=1S/C6H10N2O3S/c1-5(2)8-12(9,10)6-3-11-4-7-6/h3-5,8H,1-2H3. The maximum absolute atomic E-state index is 11.3. The van der Waals surface area contributed by atoms with E-state index in [1.54, 1.807) is 13.8 Å². The number of aromatic nitrogens is 1. The van der Waals surface area contributed by atoms with Crippen LogP contribution in [0.2, 0.25) is 0 Å². The Kier molecular flexibility index (Phi) is 2.49. The molecule has 1 heterocycles. The molecule has 0 aliphatic heterocycles. The molecule has 1 N–H and O–H groups in total. The molecule has 0 spiro atoms. The lowest BCUT2D eigenvalue weighted by atomic mass is 10.4. The Labute approximate surface area is 70.9 Å². The molecular formula is C6H10N2O3S. The molecule has 0 atom stereocenters. The molecule has 1 aromatic heterocycles. The molecule has 0 fully saturated rings. The van der Waals surface area contributed by atoms with E-state index in [0.717, 1.165) is 12.7 Å². The van der Waals surface area contributed by atoms with Crippen LogP contribution in [0.5, 0.6) is 0 Å². The van der Waals surface area contributed by atoms with E-state index in [1.807, 2.05) is 0 Å². The van der Waals surface area contributed by atoms with Crippen molar-refractivity contribution in [3.8, 4) is 0 Å². The summed E-state index contributed by atoms with van der Waals surface area (Å²) in [5.74, 6) is 0. The smallest absolute Gasteiger partial charge is 0.261 e. The van der Waals surface area contributed by atoms with Crippen LogP contribution in [0.25, 0.3) is 0 Å². The van der Waals surface area contributed by atoms with Gasteiger partial charge >= 0.3 is 0 Å². The van der Waals surface area contributed by atoms with Gasteiger partial charge in [0.1, 0.15) is 6.26 Å². The normalized spacial score (nSPS) is 12.2. The van der Waals surface area contributed by atoms with Crippen LogP contribution in [-0.2, 0) is 10.0 Å². The average molecular weight is 190 g/mol. The maximum atomic E-state index is 11.3. The summed E-state index contributed by atoms with van der Waals surface area (Å²) in [5, 5.41) is -0.0869. The molecule has 1 aromatic rings. The topological polar surface area (TPSA) is 72.2 Å². The fourth-order valence-electron chi connectivity index (χ4n) is 0.705. The number of sulfonamides is 1. The lowest BCUT2D eigenvalue weighted by Gasteiger charge is -2.05. The molecule has 1 rings (SSSR count). The molecule has 0 bridgehead atoms. The molecule has 0 radical (unpaired) electrons. The predicted molar refractivity (Wildman–Crippen MR) is 42.0 cm³/mol. The number of oxazole rings is 1. The minimum absolute atomic E-state index is 0.0869. The highest BCUT2D eigenvalue weighted by atomic mass is 32.2. The molecule has 12 heavy (non-hydrogen) atoms. The lowest BCUT2D eigenvalue weighted by Crippen LogP contribution is -2.30. The second-order valence-corrected chi connectivity index (χ2v) is 4.26. The monoisotopic (exact) mass is 190 g/mol. The van der Waals surface area contributed by atoms with Crippen LogP contribution >= 0.6 is 0 Å². The average Bonchev–Trinajstić information content (AvgIpc) is 2.32. The van der Waals surface area contributed by atoms with Gasteiger partial charge in [0, 0.05) is 6.04 Å². The molecule has 0 unspecified atom stereocenters. The second-order valence-electron chi connectivity index (χ2n) is 2.60. The van der Waals surface area contributed by atoms with E-state index < -0.39 is 10.0 Å². The second kappa shape index (κ2) is 3.24. The van der Waals surface area contributed by atoms with Crippen molar-refractivity contribution < 1.29 is 12.8 Å². The first-order valence-corrected chi connectivity index (χ1v) is 4.91. The van der Waals surface area contributed by atoms with E-state index in [2.05, 4.69) is 14.1 Å². The summed E-state index contributed by atoms with van der Waals surface area (Å²) in [4.78, 5) is 3.52. The summed E-state index contributed by atoms with van der Waals surface area (Å²) in [6.45, 7) is 3.47. The Balaban J connectivity index is 2.88. The van der Waals surface area contributed by atoms with Gasteiger partial charge in [-0.25, -0.2) is 18.1 Å². The van der Waals surface area contributed by atoms with E-state index >= 15 is 0 Å². The lowest BCUT2D eigenvalue weighted by molar-refractivity contribution is 0.548. The highest BCUT2D eigenvalue weighted by molar-refractivity contribution is 7.89. The first-order chi connectivity index (χ1) is 5.52. The van der Waals surface area contributed by atoms with Crippen molar-refractivity contribution in [1.82, 2.24) is 9.71 Å². The predicted octanol–water partition coefficient (Wildman–Crippen LogP) is 0.361. The Bertz CT molecular complexity index is 328. The van der Waals surface area contributed by atoms with E-state index in [0.29, 0.717) is 0 Å². The largest absolute Gasteiger partial charge is 0.450 e. The van der Waals surface area contributed by atoms with Crippen LogP contribution in [0.3, 0.4) is 0 Å². The van der Waals surface area contributed by atoms with Gasteiger partial charge in [0.25, 0.3) is 10.0 Å². The SMILES string of the molecule is CC(C)NS(=O)(=O)c1cocn1. The van der Waals surface area contributed by atoms with Gasteiger partial charge in [0.05, 0.1) is 0 Å². The van der Waals surface area contributed by atoms with Gasteiger partial charge in [-0.1, -0.05) is 0 Å². The summed E-state index contributed by atoms with van der Waals surface area (Å²) >= 11 is 0. The van der Waals surface area contributed by atoms with Crippen molar-refractivity contribution in [2.24, 2.45) is 0 Å². The van der Waals surface area contributed by atoms with Crippen LogP contribution in [0, 0.1) is 0 Å². The zero-order valence-corrected chi connectivity index (χ0v) is 7.63. The summed E-state index contributed by atoms with van der Waals surface area (Å²) in [5.41, 5.74) is 0. The molecule has 0 aliphatic carbocycles. The third-order valence-corrected chi connectivity index (χ3v) is 2.61. The Morgan fingerprint density at radius 1 is 1.58 bits per heavy atom. The van der Waals surface area contributed by atoms with Crippen molar-refractivity contribution in [2.75, 3.05) is 0 Å². The minimum Gasteiger partial charge on any atom is -0.450 e. The molecule has 0 aromatic carbocycles. The molecule has 68 valence electrons. The summed E-state index contributed by atoms with van der Waals surface area (Å²) in [7, 11) is -3.47. The number of nitrogens with zero attached hydrogens (tertiary/aromatic N) is 1. The van der Waals surface area contributed by atoms with Crippen molar-refractivity contribution in [3.05, 3.63) is 12.7 Å². The van der Waals surface area contributed by atoms with Crippen LogP contribution in [-0.4, -0.2) is 19.4 Å². The summed E-state index contributed by atoms with van der Waals surface area (Å²) < 4.78 is 29.5. The summed E-state index contributed by atoms with van der Waals surface area (Å²) in [6.07, 6.45) is 2.17. The van der Waals surface area contributed by atoms with Gasteiger partial charge in [-0.3, -0.25) is 0 Å². The molecule has 6 heteroatoms. The fourth-order valence-corrected chi connectivity index (χ4v) is 1.81. The third-order valence-electron chi connectivity index (χ3n) is 1.08. The van der Waals surface area contributed by atoms with E-state index in [4.69, 9.17) is 0 Å². The zero-order valence-electron chi connectivity index (χ0n) is 6.81. The Morgan fingerprint density at radius 3 is 2.67 bits per heavy atom. The van der Waals surface area contributed by atoms with Gasteiger partial charge in [-0.15, -0.1) is 0 Å². The Morgan fingerprint density at radius 2 is 2.25 bits per heavy atom. The van der Waals surface area contributed by atoms with E-state index in [-0.39, 0.29) is 11.1 Å². The fraction of sp³-hybridized carbons (Fsp3) is 0.500. The van der Waals surface area contributed by atoms with E-state index in [9.17, 15) is 8.42 Å². The van der Waals surface area contributed by atoms with Crippen LogP contribution in [0.1, 0.15) is 13.8 Å². The van der Waals surface area contributed by atoms with Crippen molar-refractivity contribution in [3.63, 3.8) is 0 Å². The molecule has 0 saturated heterocycles. The highest BCUT2D eigenvalue weighted by Crippen LogP contribution is 2.04.